The quantitative estimate of drug-likeness (QED) is 0.519. The number of hydrogen-bond donors (Lipinski definition) is 3. The summed E-state index contributed by atoms with van der Waals surface area (Å²) in [4.78, 5) is 24.6. The molecule has 0 unspecified atom stereocenters. The second-order valence-electron chi connectivity index (χ2n) is 7.99. The fraction of sp³-hybridized carbons (Fsp3) is 0.318. The van der Waals surface area contributed by atoms with Crippen molar-refractivity contribution in [3.05, 3.63) is 54.1 Å². The smallest absolute Gasteiger partial charge is 0.251 e. The van der Waals surface area contributed by atoms with Crippen LogP contribution in [0.5, 0.6) is 0 Å². The second-order valence-corrected chi connectivity index (χ2v) is 7.99. The van der Waals surface area contributed by atoms with Gasteiger partial charge in [-0.3, -0.25) is 9.59 Å². The van der Waals surface area contributed by atoms with E-state index in [1.165, 1.54) is 0 Å². The first-order valence-corrected chi connectivity index (χ1v) is 10.5. The maximum Gasteiger partial charge on any atom is 0.251 e. The third-order valence-electron chi connectivity index (χ3n) is 5.28. The van der Waals surface area contributed by atoms with Crippen LogP contribution in [-0.4, -0.2) is 44.6 Å². The zero-order valence-electron chi connectivity index (χ0n) is 16.9. The molecule has 2 aliphatic carbocycles. The van der Waals surface area contributed by atoms with Crippen molar-refractivity contribution in [2.75, 3.05) is 17.2 Å². The van der Waals surface area contributed by atoms with Gasteiger partial charge in [-0.2, -0.15) is 0 Å². The number of nitrogens with one attached hydrogen (secondary N) is 3. The molecule has 158 valence electrons. The molecule has 0 radical (unpaired) electrons. The van der Waals surface area contributed by atoms with Crippen molar-refractivity contribution >= 4 is 23.2 Å². The standard InChI is InChI=1S/C22H23N7O2/c30-20(24-18-6-2-4-15(12-18)22(31)25-16-7-8-16)13-23-17-5-1-3-14(11-17)21-26-27-28-29(21)19-9-10-19/h1-6,11-12,16,19,23H,7-10,13H2,(H,24,30)(H,25,31). The van der Waals surface area contributed by atoms with Gasteiger partial charge in [-0.05, 0) is 66.4 Å². The average molecular weight is 417 g/mol. The van der Waals surface area contributed by atoms with Crippen LogP contribution in [0, 0.1) is 0 Å². The number of carbonyl (C=O) groups excluding carboxylic acids is 2. The van der Waals surface area contributed by atoms with Crippen LogP contribution in [-0.2, 0) is 4.79 Å². The van der Waals surface area contributed by atoms with Crippen molar-refractivity contribution < 1.29 is 9.59 Å². The Morgan fingerprint density at radius 1 is 1.00 bits per heavy atom. The highest BCUT2D eigenvalue weighted by atomic mass is 16.2. The molecule has 2 amide bonds. The molecule has 2 fully saturated rings. The summed E-state index contributed by atoms with van der Waals surface area (Å²) in [6, 6.07) is 15.3. The zero-order valence-corrected chi connectivity index (χ0v) is 16.9. The largest absolute Gasteiger partial charge is 0.376 e. The average Bonchev–Trinajstić information content (AvgIpc) is 3.72. The van der Waals surface area contributed by atoms with Crippen LogP contribution in [0.4, 0.5) is 11.4 Å². The molecule has 0 aliphatic heterocycles. The van der Waals surface area contributed by atoms with E-state index in [2.05, 4.69) is 31.5 Å². The SMILES string of the molecule is O=C(CNc1cccc(-c2nnnn2C2CC2)c1)Nc1cccc(C(=O)NC2CC2)c1. The molecule has 1 aromatic heterocycles. The Labute approximate surface area is 179 Å². The molecule has 31 heavy (non-hydrogen) atoms. The van der Waals surface area contributed by atoms with E-state index < -0.39 is 0 Å². The Hall–Kier alpha value is -3.75. The first-order chi connectivity index (χ1) is 15.2. The lowest BCUT2D eigenvalue weighted by Crippen LogP contribution is -2.26. The van der Waals surface area contributed by atoms with Crippen LogP contribution in [0.1, 0.15) is 42.1 Å². The first kappa shape index (κ1) is 19.2. The van der Waals surface area contributed by atoms with E-state index in [4.69, 9.17) is 0 Å². The summed E-state index contributed by atoms with van der Waals surface area (Å²) < 4.78 is 1.86. The van der Waals surface area contributed by atoms with Gasteiger partial charge in [0.05, 0.1) is 12.6 Å². The van der Waals surface area contributed by atoms with Crippen molar-refractivity contribution in [3.63, 3.8) is 0 Å². The van der Waals surface area contributed by atoms with Crippen molar-refractivity contribution in [2.45, 2.75) is 37.8 Å². The highest BCUT2D eigenvalue weighted by molar-refractivity contribution is 5.98. The van der Waals surface area contributed by atoms with E-state index in [0.717, 1.165) is 42.8 Å². The molecule has 0 saturated heterocycles. The zero-order chi connectivity index (χ0) is 21.2. The second kappa shape index (κ2) is 8.17. The number of anilines is 2. The normalized spacial score (nSPS) is 15.4. The minimum absolute atomic E-state index is 0.0928. The molecule has 0 spiro atoms. The predicted octanol–water partition coefficient (Wildman–Crippen LogP) is 2.62. The molecule has 0 bridgehead atoms. The molecule has 2 aromatic carbocycles. The Bertz CT molecular complexity index is 1120. The molecular weight excluding hydrogens is 394 g/mol. The van der Waals surface area contributed by atoms with Crippen LogP contribution in [0.2, 0.25) is 0 Å². The van der Waals surface area contributed by atoms with E-state index in [9.17, 15) is 9.59 Å². The lowest BCUT2D eigenvalue weighted by Gasteiger charge is -2.10. The number of nitrogens with zero attached hydrogens (tertiary/aromatic N) is 4. The third kappa shape index (κ3) is 4.71. The molecule has 9 nitrogen and oxygen atoms in total. The van der Waals surface area contributed by atoms with Crippen LogP contribution in [0.3, 0.4) is 0 Å². The van der Waals surface area contributed by atoms with E-state index in [-0.39, 0.29) is 18.4 Å². The molecule has 2 saturated carbocycles. The van der Waals surface area contributed by atoms with Gasteiger partial charge in [-0.25, -0.2) is 4.68 Å². The van der Waals surface area contributed by atoms with Gasteiger partial charge in [0.15, 0.2) is 5.82 Å². The Morgan fingerprint density at radius 3 is 2.61 bits per heavy atom. The minimum Gasteiger partial charge on any atom is -0.376 e. The van der Waals surface area contributed by atoms with E-state index in [1.54, 1.807) is 24.3 Å². The number of aromatic nitrogens is 4. The number of benzene rings is 2. The number of amides is 2. The summed E-state index contributed by atoms with van der Waals surface area (Å²) in [5.41, 5.74) is 2.83. The van der Waals surface area contributed by atoms with Gasteiger partial charge in [0.1, 0.15) is 0 Å². The minimum atomic E-state index is -0.201. The van der Waals surface area contributed by atoms with Gasteiger partial charge in [-0.15, -0.1) is 5.10 Å². The lowest BCUT2D eigenvalue weighted by atomic mass is 10.2. The number of tetrazole rings is 1. The van der Waals surface area contributed by atoms with E-state index in [0.29, 0.717) is 23.3 Å². The van der Waals surface area contributed by atoms with Crippen LogP contribution < -0.4 is 16.0 Å². The highest BCUT2D eigenvalue weighted by Gasteiger charge is 2.28. The van der Waals surface area contributed by atoms with Crippen molar-refractivity contribution in [1.29, 1.82) is 0 Å². The first-order valence-electron chi connectivity index (χ1n) is 10.5. The molecule has 0 atom stereocenters. The van der Waals surface area contributed by atoms with E-state index in [1.807, 2.05) is 28.9 Å². The van der Waals surface area contributed by atoms with Crippen molar-refractivity contribution in [1.82, 2.24) is 25.5 Å². The maximum atomic E-state index is 12.4. The van der Waals surface area contributed by atoms with Gasteiger partial charge in [0.25, 0.3) is 5.91 Å². The lowest BCUT2D eigenvalue weighted by molar-refractivity contribution is -0.114. The van der Waals surface area contributed by atoms with E-state index >= 15 is 0 Å². The molecule has 5 rings (SSSR count). The summed E-state index contributed by atoms with van der Waals surface area (Å²) in [5.74, 6) is 0.423. The Kier molecular flexibility index (Phi) is 5.07. The molecule has 2 aliphatic rings. The van der Waals surface area contributed by atoms with Crippen LogP contribution in [0.15, 0.2) is 48.5 Å². The topological polar surface area (TPSA) is 114 Å². The van der Waals surface area contributed by atoms with Gasteiger partial charge < -0.3 is 16.0 Å². The maximum absolute atomic E-state index is 12.4. The van der Waals surface area contributed by atoms with Gasteiger partial charge in [-0.1, -0.05) is 18.2 Å². The highest BCUT2D eigenvalue weighted by Crippen LogP contribution is 2.36. The summed E-state index contributed by atoms with van der Waals surface area (Å²) in [6.45, 7) is 0.0928. The molecule has 3 N–H and O–H groups in total. The summed E-state index contributed by atoms with van der Waals surface area (Å²) in [7, 11) is 0. The monoisotopic (exact) mass is 417 g/mol. The Balaban J connectivity index is 1.19. The number of carbonyl (C=O) groups is 2. The number of rotatable bonds is 8. The van der Waals surface area contributed by atoms with Crippen molar-refractivity contribution in [3.8, 4) is 11.4 Å². The van der Waals surface area contributed by atoms with Gasteiger partial charge in [0, 0.05) is 28.5 Å². The predicted molar refractivity (Wildman–Crippen MR) is 116 cm³/mol. The molecule has 1 heterocycles. The van der Waals surface area contributed by atoms with Crippen LogP contribution >= 0.6 is 0 Å². The van der Waals surface area contributed by atoms with Gasteiger partial charge >= 0.3 is 0 Å². The summed E-state index contributed by atoms with van der Waals surface area (Å²) >= 11 is 0. The Morgan fingerprint density at radius 2 is 1.81 bits per heavy atom. The third-order valence-corrected chi connectivity index (χ3v) is 5.28. The fourth-order valence-electron chi connectivity index (χ4n) is 3.34. The fourth-order valence-corrected chi connectivity index (χ4v) is 3.34. The molecule has 9 heteroatoms. The van der Waals surface area contributed by atoms with Crippen molar-refractivity contribution in [2.24, 2.45) is 0 Å². The summed E-state index contributed by atoms with van der Waals surface area (Å²) in [6.07, 6.45) is 4.26. The number of hydrogen-bond acceptors (Lipinski definition) is 6. The molecule has 3 aromatic rings. The van der Waals surface area contributed by atoms with Gasteiger partial charge in [0.2, 0.25) is 5.91 Å². The summed E-state index contributed by atoms with van der Waals surface area (Å²) in [5, 5.41) is 20.9. The molecular formula is C22H23N7O2. The van der Waals surface area contributed by atoms with Crippen LogP contribution in [0.25, 0.3) is 11.4 Å².